The fourth-order valence-electron chi connectivity index (χ4n) is 3.43. The van der Waals surface area contributed by atoms with E-state index in [1.165, 1.54) is 4.90 Å². The van der Waals surface area contributed by atoms with Crippen molar-refractivity contribution >= 4 is 23.2 Å². The van der Waals surface area contributed by atoms with Gasteiger partial charge in [0.05, 0.1) is 30.1 Å². The third-order valence-electron chi connectivity index (χ3n) is 5.00. The van der Waals surface area contributed by atoms with E-state index in [1.807, 2.05) is 48.7 Å². The Morgan fingerprint density at radius 2 is 2.17 bits per heavy atom. The van der Waals surface area contributed by atoms with Crippen molar-refractivity contribution in [3.63, 3.8) is 0 Å². The van der Waals surface area contributed by atoms with E-state index in [-0.39, 0.29) is 18.3 Å². The number of nitrogens with zero attached hydrogens (tertiary/aromatic N) is 3. The molecule has 0 unspecified atom stereocenters. The molecule has 0 bridgehead atoms. The monoisotopic (exact) mass is 401 g/mol. The maximum absolute atomic E-state index is 12.9. The summed E-state index contributed by atoms with van der Waals surface area (Å²) in [6, 6.07) is 15.4. The Kier molecular flexibility index (Phi) is 4.87. The number of aromatic nitrogens is 1. The van der Waals surface area contributed by atoms with E-state index in [9.17, 15) is 4.79 Å². The van der Waals surface area contributed by atoms with Crippen molar-refractivity contribution in [3.05, 3.63) is 76.2 Å². The van der Waals surface area contributed by atoms with Gasteiger partial charge in [-0.05, 0) is 53.3 Å². The van der Waals surface area contributed by atoms with E-state index in [0.29, 0.717) is 12.1 Å². The van der Waals surface area contributed by atoms with Gasteiger partial charge in [-0.1, -0.05) is 18.2 Å². The molecule has 0 aliphatic carbocycles. The van der Waals surface area contributed by atoms with Crippen molar-refractivity contribution in [3.8, 4) is 17.2 Å². The van der Waals surface area contributed by atoms with Crippen LogP contribution in [0.15, 0.2) is 60.2 Å². The highest BCUT2D eigenvalue weighted by molar-refractivity contribution is 7.10. The van der Waals surface area contributed by atoms with Gasteiger partial charge in [-0.2, -0.15) is 5.26 Å². The zero-order chi connectivity index (χ0) is 20.4. The first-order chi connectivity index (χ1) is 14.0. The fourth-order valence-corrected chi connectivity index (χ4v) is 4.47. The summed E-state index contributed by atoms with van der Waals surface area (Å²) in [6.07, 6.45) is 3.64. The SMILES string of the molecule is C[C@@]1(c2cc(-c3cccc(C#N)c3)cs2)CC(=O)N(Cc2cccnc2)C(=N)N1. The Morgan fingerprint density at radius 1 is 1.31 bits per heavy atom. The molecule has 2 N–H and O–H groups in total. The first-order valence-corrected chi connectivity index (χ1v) is 10.0. The highest BCUT2D eigenvalue weighted by Gasteiger charge is 2.40. The number of pyridine rings is 1. The lowest BCUT2D eigenvalue weighted by Gasteiger charge is -2.40. The van der Waals surface area contributed by atoms with Gasteiger partial charge in [0, 0.05) is 17.3 Å². The molecule has 4 rings (SSSR count). The summed E-state index contributed by atoms with van der Waals surface area (Å²) < 4.78 is 0. The molecule has 0 saturated carbocycles. The maximum atomic E-state index is 12.9. The minimum Gasteiger partial charge on any atom is -0.345 e. The Hall–Kier alpha value is -3.50. The second-order valence-corrected chi connectivity index (χ2v) is 8.13. The number of rotatable bonds is 4. The number of hydrogen-bond donors (Lipinski definition) is 2. The molecule has 1 fully saturated rings. The largest absolute Gasteiger partial charge is 0.345 e. The topological polar surface area (TPSA) is 92.9 Å². The Bertz CT molecular complexity index is 1100. The predicted octanol–water partition coefficient (Wildman–Crippen LogP) is 3.85. The van der Waals surface area contributed by atoms with E-state index >= 15 is 0 Å². The van der Waals surface area contributed by atoms with Crippen LogP contribution in [0.25, 0.3) is 11.1 Å². The molecule has 3 heterocycles. The number of thiophene rings is 1. The van der Waals surface area contributed by atoms with Crippen molar-refractivity contribution in [1.82, 2.24) is 15.2 Å². The van der Waals surface area contributed by atoms with Crippen LogP contribution < -0.4 is 5.32 Å². The van der Waals surface area contributed by atoms with E-state index in [2.05, 4.69) is 16.4 Å². The summed E-state index contributed by atoms with van der Waals surface area (Å²) in [4.78, 5) is 19.4. The van der Waals surface area contributed by atoms with E-state index in [1.54, 1.807) is 29.8 Å². The van der Waals surface area contributed by atoms with Gasteiger partial charge in [0.25, 0.3) is 0 Å². The van der Waals surface area contributed by atoms with Gasteiger partial charge < -0.3 is 5.32 Å². The highest BCUT2D eigenvalue weighted by atomic mass is 32.1. The van der Waals surface area contributed by atoms with Crippen LogP contribution in [0.5, 0.6) is 0 Å². The first kappa shape index (κ1) is 18.8. The van der Waals surface area contributed by atoms with Gasteiger partial charge in [-0.3, -0.25) is 20.1 Å². The smallest absolute Gasteiger partial charge is 0.232 e. The molecular weight excluding hydrogens is 382 g/mol. The molecule has 7 heteroatoms. The minimum atomic E-state index is -0.643. The predicted molar refractivity (Wildman–Crippen MR) is 112 cm³/mol. The standard InChI is InChI=1S/C22H19N5OS/c1-22(19-9-18(14-29-19)17-6-2-4-15(8-17)11-23)10-20(28)27(21(24)26-22)13-16-5-3-7-25-12-16/h2-9,12,14H,10,13H2,1H3,(H2,24,26)/t22-/m0/s1. The number of hydrogen-bond acceptors (Lipinski definition) is 5. The molecule has 2 aromatic heterocycles. The van der Waals surface area contributed by atoms with Gasteiger partial charge in [-0.15, -0.1) is 11.3 Å². The normalized spacial score (nSPS) is 19.0. The molecule has 1 aliphatic heterocycles. The van der Waals surface area contributed by atoms with Crippen LogP contribution in [0.4, 0.5) is 0 Å². The lowest BCUT2D eigenvalue weighted by atomic mass is 9.91. The van der Waals surface area contributed by atoms with Gasteiger partial charge >= 0.3 is 0 Å². The quantitative estimate of drug-likeness (QED) is 0.694. The molecule has 29 heavy (non-hydrogen) atoms. The maximum Gasteiger partial charge on any atom is 0.232 e. The van der Waals surface area contributed by atoms with Crippen molar-refractivity contribution in [1.29, 1.82) is 10.7 Å². The third-order valence-corrected chi connectivity index (χ3v) is 6.20. The molecule has 1 atom stereocenters. The summed E-state index contributed by atoms with van der Waals surface area (Å²) in [5, 5.41) is 22.8. The van der Waals surface area contributed by atoms with Crippen LogP contribution in [0.2, 0.25) is 0 Å². The average molecular weight is 401 g/mol. The summed E-state index contributed by atoms with van der Waals surface area (Å²) in [5.74, 6) is -0.00411. The van der Waals surface area contributed by atoms with Gasteiger partial charge in [0.1, 0.15) is 0 Å². The summed E-state index contributed by atoms with van der Waals surface area (Å²) in [5.41, 5.74) is 2.81. The zero-order valence-corrected chi connectivity index (χ0v) is 16.7. The van der Waals surface area contributed by atoms with Crippen molar-refractivity contribution in [2.75, 3.05) is 0 Å². The summed E-state index contributed by atoms with van der Waals surface area (Å²) >= 11 is 1.55. The highest BCUT2D eigenvalue weighted by Crippen LogP contribution is 2.36. The average Bonchev–Trinajstić information content (AvgIpc) is 3.23. The molecular formula is C22H19N5OS. The number of carbonyl (C=O) groups is 1. The molecule has 1 saturated heterocycles. The van der Waals surface area contributed by atoms with E-state index in [0.717, 1.165) is 21.6 Å². The van der Waals surface area contributed by atoms with Gasteiger partial charge in [0.2, 0.25) is 5.91 Å². The number of nitriles is 1. The zero-order valence-electron chi connectivity index (χ0n) is 15.8. The molecule has 0 spiro atoms. The van der Waals surface area contributed by atoms with E-state index in [4.69, 9.17) is 10.7 Å². The number of benzene rings is 1. The first-order valence-electron chi connectivity index (χ1n) is 9.14. The second kappa shape index (κ2) is 7.49. The van der Waals surface area contributed by atoms with Crippen LogP contribution in [0, 0.1) is 16.7 Å². The molecule has 3 aromatic rings. The molecule has 1 aliphatic rings. The summed E-state index contributed by atoms with van der Waals surface area (Å²) in [6.45, 7) is 2.27. The minimum absolute atomic E-state index is 0.0917. The second-order valence-electron chi connectivity index (χ2n) is 7.22. The molecule has 1 aromatic carbocycles. The van der Waals surface area contributed by atoms with Gasteiger partial charge in [-0.25, -0.2) is 0 Å². The number of amides is 1. The molecule has 0 radical (unpaired) electrons. The van der Waals surface area contributed by atoms with Crippen LogP contribution in [-0.2, 0) is 16.9 Å². The fraction of sp³-hybridized carbons (Fsp3) is 0.182. The van der Waals surface area contributed by atoms with Crippen LogP contribution in [0.3, 0.4) is 0 Å². The lowest BCUT2D eigenvalue weighted by molar-refractivity contribution is -0.131. The molecule has 6 nitrogen and oxygen atoms in total. The van der Waals surface area contributed by atoms with Crippen LogP contribution in [-0.4, -0.2) is 21.8 Å². The lowest BCUT2D eigenvalue weighted by Crippen LogP contribution is -2.58. The van der Waals surface area contributed by atoms with E-state index < -0.39 is 5.54 Å². The Labute approximate surface area is 173 Å². The third kappa shape index (κ3) is 3.75. The van der Waals surface area contributed by atoms with Crippen molar-refractivity contribution in [2.24, 2.45) is 0 Å². The number of nitrogens with one attached hydrogen (secondary N) is 2. The summed E-state index contributed by atoms with van der Waals surface area (Å²) in [7, 11) is 0. The Morgan fingerprint density at radius 3 is 2.90 bits per heavy atom. The van der Waals surface area contributed by atoms with Crippen molar-refractivity contribution in [2.45, 2.75) is 25.4 Å². The van der Waals surface area contributed by atoms with Crippen LogP contribution in [0.1, 0.15) is 29.3 Å². The molecule has 1 amide bonds. The van der Waals surface area contributed by atoms with Gasteiger partial charge in [0.15, 0.2) is 5.96 Å². The number of carbonyl (C=O) groups excluding carboxylic acids is 1. The van der Waals surface area contributed by atoms with Crippen molar-refractivity contribution < 1.29 is 4.79 Å². The van der Waals surface area contributed by atoms with Crippen LogP contribution >= 0.6 is 11.3 Å². The number of guanidine groups is 1. The molecule has 144 valence electrons. The Balaban J connectivity index is 1.55.